The van der Waals surface area contributed by atoms with Crippen LogP contribution < -0.4 is 10.3 Å². The highest BCUT2D eigenvalue weighted by atomic mass is 79.9. The maximum atomic E-state index is 13.3. The first-order valence-corrected chi connectivity index (χ1v) is 12.5. The Morgan fingerprint density at radius 2 is 1.89 bits per heavy atom. The van der Waals surface area contributed by atoms with Gasteiger partial charge in [-0.25, -0.2) is 9.78 Å². The summed E-state index contributed by atoms with van der Waals surface area (Å²) < 4.78 is 8.25. The van der Waals surface area contributed by atoms with Crippen LogP contribution in [0, 0.1) is 0 Å². The summed E-state index contributed by atoms with van der Waals surface area (Å²) in [6.07, 6.45) is 2.15. The summed E-state index contributed by atoms with van der Waals surface area (Å²) in [7, 11) is 0. The highest BCUT2D eigenvalue weighted by Gasteiger charge is 2.12. The maximum Gasteiger partial charge on any atom is 0.335 e. The number of benzene rings is 4. The Bertz CT molecular complexity index is 1740. The molecule has 1 heterocycles. The summed E-state index contributed by atoms with van der Waals surface area (Å²) in [4.78, 5) is 29.3. The number of fused-ring (bicyclic) bond motifs is 2. The zero-order chi connectivity index (χ0) is 25.9. The summed E-state index contributed by atoms with van der Waals surface area (Å²) in [5, 5.41) is 16.2. The van der Waals surface area contributed by atoms with Crippen LogP contribution in [0.25, 0.3) is 21.7 Å². The SMILES string of the molecule is CCc1nc2ccc(Br)cc2c(=O)n1N=Cc1c(OCc2cccc(C(=O)O)c2)ccc2ccccc12. The molecule has 0 aliphatic heterocycles. The average Bonchev–Trinajstić information content (AvgIpc) is 2.92. The molecule has 0 radical (unpaired) electrons. The molecule has 0 saturated carbocycles. The largest absolute Gasteiger partial charge is 0.488 e. The molecule has 4 aromatic carbocycles. The van der Waals surface area contributed by atoms with Gasteiger partial charge in [0.1, 0.15) is 18.2 Å². The van der Waals surface area contributed by atoms with Crippen molar-refractivity contribution >= 4 is 49.8 Å². The van der Waals surface area contributed by atoms with Crippen molar-refractivity contribution in [1.82, 2.24) is 9.66 Å². The van der Waals surface area contributed by atoms with Crippen LogP contribution in [0.3, 0.4) is 0 Å². The van der Waals surface area contributed by atoms with Crippen molar-refractivity contribution < 1.29 is 14.6 Å². The van der Waals surface area contributed by atoms with E-state index in [1.54, 1.807) is 30.5 Å². The summed E-state index contributed by atoms with van der Waals surface area (Å²) in [5.74, 6) is 0.114. The molecule has 8 heteroatoms. The van der Waals surface area contributed by atoms with Crippen molar-refractivity contribution in [2.45, 2.75) is 20.0 Å². The molecule has 5 aromatic rings. The zero-order valence-corrected chi connectivity index (χ0v) is 21.5. The van der Waals surface area contributed by atoms with E-state index in [1.165, 1.54) is 4.68 Å². The predicted octanol–water partition coefficient (Wildman–Crippen LogP) is 6.03. The van der Waals surface area contributed by atoms with Gasteiger partial charge in [0.15, 0.2) is 0 Å². The van der Waals surface area contributed by atoms with Crippen LogP contribution in [0.5, 0.6) is 5.75 Å². The molecule has 0 spiro atoms. The van der Waals surface area contributed by atoms with Gasteiger partial charge in [-0.3, -0.25) is 4.79 Å². The molecule has 0 aliphatic rings. The zero-order valence-electron chi connectivity index (χ0n) is 19.9. The molecule has 7 nitrogen and oxygen atoms in total. The third-order valence-corrected chi connectivity index (χ3v) is 6.49. The molecule has 0 fully saturated rings. The second-order valence-electron chi connectivity index (χ2n) is 8.40. The van der Waals surface area contributed by atoms with Crippen LogP contribution in [0.2, 0.25) is 0 Å². The van der Waals surface area contributed by atoms with Crippen LogP contribution in [-0.2, 0) is 13.0 Å². The molecule has 0 aliphatic carbocycles. The van der Waals surface area contributed by atoms with Gasteiger partial charge in [0, 0.05) is 16.5 Å². The molecule has 37 heavy (non-hydrogen) atoms. The van der Waals surface area contributed by atoms with Gasteiger partial charge in [-0.05, 0) is 52.7 Å². The fraction of sp³-hybridized carbons (Fsp3) is 0.103. The number of carboxylic acids is 1. The third kappa shape index (κ3) is 5.01. The summed E-state index contributed by atoms with van der Waals surface area (Å²) in [6.45, 7) is 2.10. The van der Waals surface area contributed by atoms with Gasteiger partial charge in [0.05, 0.1) is 22.7 Å². The number of aryl methyl sites for hydroxylation is 1. The number of carbonyl (C=O) groups is 1. The lowest BCUT2D eigenvalue weighted by atomic mass is 10.0. The van der Waals surface area contributed by atoms with Gasteiger partial charge in [-0.15, -0.1) is 0 Å². The first kappa shape index (κ1) is 24.4. The summed E-state index contributed by atoms with van der Waals surface area (Å²) >= 11 is 3.42. The molecule has 0 bridgehead atoms. The van der Waals surface area contributed by atoms with E-state index in [0.717, 1.165) is 20.8 Å². The first-order chi connectivity index (χ1) is 17.9. The standard InChI is InChI=1S/C29H22BrN3O4/c1-2-27-32-25-12-11-21(30)15-23(25)28(34)33(27)31-16-24-22-9-4-3-7-19(22)10-13-26(24)37-17-18-6-5-8-20(14-18)29(35)36/h3-16H,2,17H2,1H3,(H,35,36). The topological polar surface area (TPSA) is 93.8 Å². The number of nitrogens with zero attached hydrogens (tertiary/aromatic N) is 3. The Morgan fingerprint density at radius 3 is 2.70 bits per heavy atom. The van der Waals surface area contributed by atoms with Gasteiger partial charge in [0.2, 0.25) is 0 Å². The average molecular weight is 556 g/mol. The van der Waals surface area contributed by atoms with E-state index in [-0.39, 0.29) is 17.7 Å². The van der Waals surface area contributed by atoms with Crippen LogP contribution in [0.15, 0.2) is 93.2 Å². The molecule has 0 saturated heterocycles. The first-order valence-electron chi connectivity index (χ1n) is 11.7. The van der Waals surface area contributed by atoms with Gasteiger partial charge < -0.3 is 9.84 Å². The number of aromatic carboxylic acids is 1. The summed E-state index contributed by atoms with van der Waals surface area (Å²) in [5.41, 5.74) is 1.99. The Morgan fingerprint density at radius 1 is 1.05 bits per heavy atom. The molecule has 1 aromatic heterocycles. The van der Waals surface area contributed by atoms with Crippen LogP contribution >= 0.6 is 15.9 Å². The van der Waals surface area contributed by atoms with E-state index in [9.17, 15) is 14.7 Å². The monoisotopic (exact) mass is 555 g/mol. The lowest BCUT2D eigenvalue weighted by Crippen LogP contribution is -2.22. The van der Waals surface area contributed by atoms with Gasteiger partial charge in [0.25, 0.3) is 5.56 Å². The second kappa shape index (κ2) is 10.4. The predicted molar refractivity (Wildman–Crippen MR) is 148 cm³/mol. The minimum atomic E-state index is -0.992. The smallest absolute Gasteiger partial charge is 0.335 e. The normalized spacial score (nSPS) is 11.4. The molecule has 0 unspecified atom stereocenters. The van der Waals surface area contributed by atoms with Gasteiger partial charge in [-0.1, -0.05) is 65.3 Å². The quantitative estimate of drug-likeness (QED) is 0.247. The number of rotatable bonds is 7. The van der Waals surface area contributed by atoms with Crippen LogP contribution in [0.4, 0.5) is 0 Å². The highest BCUT2D eigenvalue weighted by Crippen LogP contribution is 2.28. The van der Waals surface area contributed by atoms with E-state index in [0.29, 0.717) is 34.5 Å². The molecule has 0 amide bonds. The van der Waals surface area contributed by atoms with Crippen molar-refractivity contribution in [3.63, 3.8) is 0 Å². The number of ether oxygens (including phenoxy) is 1. The fourth-order valence-electron chi connectivity index (χ4n) is 4.15. The Balaban J connectivity index is 1.58. The fourth-order valence-corrected chi connectivity index (χ4v) is 4.51. The number of hydrogen-bond donors (Lipinski definition) is 1. The highest BCUT2D eigenvalue weighted by molar-refractivity contribution is 9.10. The molecule has 5 rings (SSSR count). The second-order valence-corrected chi connectivity index (χ2v) is 9.31. The maximum absolute atomic E-state index is 13.3. The Hall–Kier alpha value is -4.30. The molecule has 0 atom stereocenters. The lowest BCUT2D eigenvalue weighted by Gasteiger charge is -2.13. The molecular formula is C29H22BrN3O4. The van der Waals surface area contributed by atoms with E-state index in [2.05, 4.69) is 26.0 Å². The van der Waals surface area contributed by atoms with Crippen molar-refractivity contribution in [2.24, 2.45) is 5.10 Å². The van der Waals surface area contributed by atoms with Crippen molar-refractivity contribution in [2.75, 3.05) is 0 Å². The Kier molecular flexibility index (Phi) is 6.83. The number of aromatic nitrogens is 2. The lowest BCUT2D eigenvalue weighted by molar-refractivity contribution is 0.0696. The molecular weight excluding hydrogens is 534 g/mol. The van der Waals surface area contributed by atoms with Crippen molar-refractivity contribution in [3.05, 3.63) is 116 Å². The van der Waals surface area contributed by atoms with E-state index in [1.807, 2.05) is 61.5 Å². The number of carboxylic acid groups (broad SMARTS) is 1. The van der Waals surface area contributed by atoms with Gasteiger partial charge in [-0.2, -0.15) is 9.78 Å². The Labute approximate surface area is 220 Å². The number of halogens is 1. The van der Waals surface area contributed by atoms with Crippen molar-refractivity contribution in [3.8, 4) is 5.75 Å². The van der Waals surface area contributed by atoms with E-state index in [4.69, 9.17) is 4.74 Å². The van der Waals surface area contributed by atoms with E-state index >= 15 is 0 Å². The van der Waals surface area contributed by atoms with Crippen LogP contribution in [0.1, 0.15) is 34.2 Å². The van der Waals surface area contributed by atoms with Gasteiger partial charge >= 0.3 is 5.97 Å². The number of hydrogen-bond acceptors (Lipinski definition) is 5. The van der Waals surface area contributed by atoms with E-state index < -0.39 is 5.97 Å². The minimum Gasteiger partial charge on any atom is -0.488 e. The van der Waals surface area contributed by atoms with Crippen molar-refractivity contribution in [1.29, 1.82) is 0 Å². The van der Waals surface area contributed by atoms with Crippen LogP contribution in [-0.4, -0.2) is 27.0 Å². The summed E-state index contributed by atoms with van der Waals surface area (Å²) in [6, 6.07) is 23.7. The third-order valence-electron chi connectivity index (χ3n) is 5.99. The molecule has 184 valence electrons. The molecule has 1 N–H and O–H groups in total. The minimum absolute atomic E-state index is 0.173.